The Balaban J connectivity index is 1.61. The maximum Gasteiger partial charge on any atom is 0.407 e. The van der Waals surface area contributed by atoms with Gasteiger partial charge in [0.15, 0.2) is 0 Å². The summed E-state index contributed by atoms with van der Waals surface area (Å²) in [6.07, 6.45) is 2.23. The Kier molecular flexibility index (Phi) is 3.56. The molecule has 1 aliphatic carbocycles. The number of rotatable bonds is 3. The molecule has 3 heterocycles. The Morgan fingerprint density at radius 3 is 2.63 bits per heavy atom. The number of hydrogen-bond acceptors (Lipinski definition) is 4. The van der Waals surface area contributed by atoms with Crippen molar-refractivity contribution in [2.45, 2.75) is 31.2 Å². The van der Waals surface area contributed by atoms with E-state index in [4.69, 9.17) is 0 Å². The summed E-state index contributed by atoms with van der Waals surface area (Å²) in [5, 5.41) is 28.1. The molecule has 1 saturated carbocycles. The standard InChI is InChI=1S/C20H20N4O3/c25-19-4-2-1-3-14(19)15-9-18-16(22-21-15)10-17(24(18)13-5-6-13)12-7-8-23(11-12)20(26)27/h1-4,9-10,12-13,25H,5-8,11H2,(H,26,27)/t12-/m1/s1. The van der Waals surface area contributed by atoms with Crippen molar-refractivity contribution in [3.8, 4) is 17.0 Å². The number of hydrogen-bond donors (Lipinski definition) is 2. The lowest BCUT2D eigenvalue weighted by atomic mass is 10.1. The van der Waals surface area contributed by atoms with Gasteiger partial charge in [-0.1, -0.05) is 12.1 Å². The van der Waals surface area contributed by atoms with Crippen LogP contribution in [0.1, 0.15) is 36.9 Å². The predicted octanol–water partition coefficient (Wildman–Crippen LogP) is 3.61. The number of phenols is 1. The van der Waals surface area contributed by atoms with Crippen molar-refractivity contribution < 1.29 is 15.0 Å². The number of carboxylic acid groups (broad SMARTS) is 1. The third kappa shape index (κ3) is 2.70. The van der Waals surface area contributed by atoms with Crippen LogP contribution >= 0.6 is 0 Å². The first kappa shape index (κ1) is 16.1. The van der Waals surface area contributed by atoms with Gasteiger partial charge in [-0.25, -0.2) is 4.79 Å². The van der Waals surface area contributed by atoms with Crippen molar-refractivity contribution >= 4 is 17.1 Å². The van der Waals surface area contributed by atoms with E-state index in [0.717, 1.165) is 36.0 Å². The van der Waals surface area contributed by atoms with Crippen LogP contribution in [0.15, 0.2) is 36.4 Å². The van der Waals surface area contributed by atoms with Gasteiger partial charge in [-0.2, -0.15) is 0 Å². The summed E-state index contributed by atoms with van der Waals surface area (Å²) in [5.41, 5.74) is 4.29. The minimum atomic E-state index is -0.854. The van der Waals surface area contributed by atoms with Gasteiger partial charge in [0.05, 0.1) is 11.2 Å². The van der Waals surface area contributed by atoms with Gasteiger partial charge in [0.2, 0.25) is 0 Å². The molecule has 5 rings (SSSR count). The summed E-state index contributed by atoms with van der Waals surface area (Å²) >= 11 is 0. The van der Waals surface area contributed by atoms with Crippen LogP contribution in [0.4, 0.5) is 4.79 Å². The molecule has 2 aromatic heterocycles. The second kappa shape index (κ2) is 5.97. The van der Waals surface area contributed by atoms with E-state index in [-0.39, 0.29) is 11.7 Å². The molecular formula is C20H20N4O3. The van der Waals surface area contributed by atoms with Crippen LogP contribution in [0.5, 0.6) is 5.75 Å². The Morgan fingerprint density at radius 2 is 1.93 bits per heavy atom. The lowest BCUT2D eigenvalue weighted by molar-refractivity contribution is 0.155. The van der Waals surface area contributed by atoms with E-state index in [2.05, 4.69) is 20.8 Å². The van der Waals surface area contributed by atoms with E-state index in [1.165, 1.54) is 4.90 Å². The average Bonchev–Trinajstić information content (AvgIpc) is 3.24. The number of benzene rings is 1. The summed E-state index contributed by atoms with van der Waals surface area (Å²) in [7, 11) is 0. The van der Waals surface area contributed by atoms with Crippen LogP contribution in [-0.4, -0.2) is 49.1 Å². The molecule has 1 amide bonds. The highest BCUT2D eigenvalue weighted by atomic mass is 16.4. The van der Waals surface area contributed by atoms with Crippen molar-refractivity contribution in [3.05, 3.63) is 42.1 Å². The molecule has 0 spiro atoms. The topological polar surface area (TPSA) is 91.5 Å². The molecule has 1 atom stereocenters. The third-order valence-corrected chi connectivity index (χ3v) is 5.59. The van der Waals surface area contributed by atoms with Gasteiger partial charge in [-0.3, -0.25) is 0 Å². The Bertz CT molecular complexity index is 1040. The summed E-state index contributed by atoms with van der Waals surface area (Å²) in [6, 6.07) is 11.6. The van der Waals surface area contributed by atoms with Gasteiger partial charge >= 0.3 is 6.09 Å². The number of phenolic OH excluding ortho intramolecular Hbond substituents is 1. The van der Waals surface area contributed by atoms with Gasteiger partial charge in [0.1, 0.15) is 11.3 Å². The second-order valence-electron chi connectivity index (χ2n) is 7.40. The zero-order valence-corrected chi connectivity index (χ0v) is 14.7. The summed E-state index contributed by atoms with van der Waals surface area (Å²) < 4.78 is 2.32. The van der Waals surface area contributed by atoms with Gasteiger partial charge in [0.25, 0.3) is 0 Å². The van der Waals surface area contributed by atoms with Gasteiger partial charge in [0, 0.05) is 36.3 Å². The largest absolute Gasteiger partial charge is 0.507 e. The van der Waals surface area contributed by atoms with E-state index in [0.29, 0.717) is 30.4 Å². The number of aromatic hydroxyl groups is 1. The average molecular weight is 364 g/mol. The molecule has 0 bridgehead atoms. The van der Waals surface area contributed by atoms with E-state index >= 15 is 0 Å². The molecule has 1 saturated heterocycles. The Morgan fingerprint density at radius 1 is 1.11 bits per heavy atom. The van der Waals surface area contributed by atoms with Crippen LogP contribution in [0.2, 0.25) is 0 Å². The maximum atomic E-state index is 11.3. The van der Waals surface area contributed by atoms with E-state index in [1.54, 1.807) is 12.1 Å². The van der Waals surface area contributed by atoms with Gasteiger partial charge in [-0.05, 0) is 43.5 Å². The second-order valence-corrected chi connectivity index (χ2v) is 7.40. The Labute approximate surface area is 155 Å². The zero-order chi connectivity index (χ0) is 18.5. The van der Waals surface area contributed by atoms with Crippen LogP contribution in [0.3, 0.4) is 0 Å². The fourth-order valence-corrected chi connectivity index (χ4v) is 4.09. The molecule has 2 fully saturated rings. The highest BCUT2D eigenvalue weighted by molar-refractivity contribution is 5.82. The van der Waals surface area contributed by atoms with Crippen molar-refractivity contribution in [1.29, 1.82) is 0 Å². The molecule has 0 unspecified atom stereocenters. The SMILES string of the molecule is O=C(O)N1CC[C@@H](c2cc3nnc(-c4ccccc4O)cc3n2C2CC2)C1. The highest BCUT2D eigenvalue weighted by Crippen LogP contribution is 2.43. The number of likely N-dealkylation sites (tertiary alicyclic amines) is 1. The van der Waals surface area contributed by atoms with Crippen molar-refractivity contribution in [2.24, 2.45) is 0 Å². The number of amides is 1. The molecule has 2 N–H and O–H groups in total. The highest BCUT2D eigenvalue weighted by Gasteiger charge is 2.34. The summed E-state index contributed by atoms with van der Waals surface area (Å²) in [4.78, 5) is 12.8. The molecule has 3 aromatic rings. The van der Waals surface area contributed by atoms with Gasteiger partial charge < -0.3 is 19.7 Å². The minimum Gasteiger partial charge on any atom is -0.507 e. The van der Waals surface area contributed by atoms with Crippen molar-refractivity contribution in [1.82, 2.24) is 19.7 Å². The first-order chi connectivity index (χ1) is 13.1. The summed E-state index contributed by atoms with van der Waals surface area (Å²) in [6.45, 7) is 1.10. The van der Waals surface area contributed by atoms with Crippen molar-refractivity contribution in [3.63, 3.8) is 0 Å². The smallest absolute Gasteiger partial charge is 0.407 e. The third-order valence-electron chi connectivity index (χ3n) is 5.59. The van der Waals surface area contributed by atoms with Crippen LogP contribution in [0, 0.1) is 0 Å². The maximum absolute atomic E-state index is 11.3. The molecule has 0 radical (unpaired) electrons. The molecule has 2 aliphatic rings. The Hall–Kier alpha value is -3.09. The first-order valence-corrected chi connectivity index (χ1v) is 9.26. The van der Waals surface area contributed by atoms with Crippen LogP contribution in [0.25, 0.3) is 22.3 Å². The molecule has 7 heteroatoms. The predicted molar refractivity (Wildman–Crippen MR) is 99.9 cm³/mol. The number of para-hydroxylation sites is 1. The zero-order valence-electron chi connectivity index (χ0n) is 14.7. The number of aromatic nitrogens is 3. The lowest BCUT2D eigenvalue weighted by Gasteiger charge is -2.16. The normalized spacial score (nSPS) is 19.7. The number of carbonyl (C=O) groups is 1. The minimum absolute atomic E-state index is 0.184. The van der Waals surface area contributed by atoms with Crippen LogP contribution in [-0.2, 0) is 0 Å². The monoisotopic (exact) mass is 364 g/mol. The number of fused-ring (bicyclic) bond motifs is 1. The molecule has 1 aliphatic heterocycles. The number of nitrogens with zero attached hydrogens (tertiary/aromatic N) is 4. The molecule has 138 valence electrons. The quantitative estimate of drug-likeness (QED) is 0.741. The molecule has 1 aromatic carbocycles. The fraction of sp³-hybridized carbons (Fsp3) is 0.350. The van der Waals surface area contributed by atoms with E-state index in [9.17, 15) is 15.0 Å². The molecule has 7 nitrogen and oxygen atoms in total. The van der Waals surface area contributed by atoms with E-state index < -0.39 is 6.09 Å². The fourth-order valence-electron chi connectivity index (χ4n) is 4.09. The van der Waals surface area contributed by atoms with Crippen molar-refractivity contribution in [2.75, 3.05) is 13.1 Å². The van der Waals surface area contributed by atoms with E-state index in [1.807, 2.05) is 18.2 Å². The first-order valence-electron chi connectivity index (χ1n) is 9.26. The molecule has 27 heavy (non-hydrogen) atoms. The lowest BCUT2D eigenvalue weighted by Crippen LogP contribution is -2.26. The van der Waals surface area contributed by atoms with Gasteiger partial charge in [-0.15, -0.1) is 10.2 Å². The molecular weight excluding hydrogens is 344 g/mol. The summed E-state index contributed by atoms with van der Waals surface area (Å²) in [5.74, 6) is 0.369. The van der Waals surface area contributed by atoms with Crippen LogP contribution < -0.4 is 0 Å².